The summed E-state index contributed by atoms with van der Waals surface area (Å²) in [6.07, 6.45) is 0.744. The quantitative estimate of drug-likeness (QED) is 0.618. The fourth-order valence-electron chi connectivity index (χ4n) is 1.75. The predicted octanol–water partition coefficient (Wildman–Crippen LogP) is 2.80. The lowest BCUT2D eigenvalue weighted by Crippen LogP contribution is -2.32. The summed E-state index contributed by atoms with van der Waals surface area (Å²) >= 11 is 0. The summed E-state index contributed by atoms with van der Waals surface area (Å²) in [7, 11) is 0. The minimum atomic E-state index is -0.234. The number of halogens is 2. The number of hydrogen-bond donors (Lipinski definition) is 2. The van der Waals surface area contributed by atoms with Crippen LogP contribution in [0.15, 0.2) is 48.5 Å². The van der Waals surface area contributed by atoms with Crippen LogP contribution in [0.4, 0.5) is 8.78 Å². The molecule has 0 unspecified atom stereocenters. The zero-order chi connectivity index (χ0) is 13.5. The molecular weight excluding hydrogens is 246 g/mol. The summed E-state index contributed by atoms with van der Waals surface area (Å²) in [5.41, 5.74) is 8.04. The van der Waals surface area contributed by atoms with Crippen LogP contribution in [0.5, 0.6) is 0 Å². The van der Waals surface area contributed by atoms with Gasteiger partial charge in [-0.3, -0.25) is 10.9 Å². The number of hydrazine groups is 1. The third kappa shape index (κ3) is 4.77. The highest BCUT2D eigenvalue weighted by Gasteiger charge is 1.96. The van der Waals surface area contributed by atoms with E-state index in [1.807, 2.05) is 6.07 Å². The second-order valence-electron chi connectivity index (χ2n) is 4.29. The van der Waals surface area contributed by atoms with E-state index in [9.17, 15) is 8.78 Å². The number of nitrogens with one attached hydrogen (secondary N) is 2. The van der Waals surface area contributed by atoms with Gasteiger partial charge in [-0.25, -0.2) is 8.78 Å². The first-order chi connectivity index (χ1) is 9.24. The van der Waals surface area contributed by atoms with Crippen LogP contribution >= 0.6 is 0 Å². The maximum Gasteiger partial charge on any atom is 0.123 e. The molecule has 0 spiro atoms. The Balaban J connectivity index is 1.66. The molecule has 4 heteroatoms. The van der Waals surface area contributed by atoms with Crippen LogP contribution in [0.2, 0.25) is 0 Å². The van der Waals surface area contributed by atoms with Crippen LogP contribution in [0, 0.1) is 11.6 Å². The van der Waals surface area contributed by atoms with Gasteiger partial charge in [0.2, 0.25) is 0 Å². The molecule has 0 radical (unpaired) electrons. The zero-order valence-electron chi connectivity index (χ0n) is 10.5. The molecule has 0 aliphatic rings. The van der Waals surface area contributed by atoms with Crippen molar-refractivity contribution in [3.05, 3.63) is 71.3 Å². The topological polar surface area (TPSA) is 24.1 Å². The first-order valence-corrected chi connectivity index (χ1v) is 6.18. The van der Waals surface area contributed by atoms with E-state index in [-0.39, 0.29) is 11.6 Å². The molecule has 2 N–H and O–H groups in total. The molecule has 0 atom stereocenters. The van der Waals surface area contributed by atoms with Crippen LogP contribution in [-0.2, 0) is 13.0 Å². The Kier molecular flexibility index (Phi) is 5.01. The summed E-state index contributed by atoms with van der Waals surface area (Å²) in [5.74, 6) is -0.445. The Morgan fingerprint density at radius 2 is 1.58 bits per heavy atom. The lowest BCUT2D eigenvalue weighted by atomic mass is 10.1. The van der Waals surface area contributed by atoms with E-state index < -0.39 is 0 Å². The van der Waals surface area contributed by atoms with Gasteiger partial charge in [0.1, 0.15) is 11.6 Å². The van der Waals surface area contributed by atoms with Crippen molar-refractivity contribution < 1.29 is 8.78 Å². The van der Waals surface area contributed by atoms with E-state index in [4.69, 9.17) is 0 Å². The SMILES string of the molecule is Fc1ccc(CNNCCc2cccc(F)c2)cc1. The molecule has 0 aromatic heterocycles. The molecule has 0 fully saturated rings. The van der Waals surface area contributed by atoms with Crippen molar-refractivity contribution in [3.63, 3.8) is 0 Å². The predicted molar refractivity (Wildman–Crippen MR) is 71.3 cm³/mol. The van der Waals surface area contributed by atoms with E-state index in [0.29, 0.717) is 13.1 Å². The highest BCUT2D eigenvalue weighted by atomic mass is 19.1. The molecule has 0 aliphatic carbocycles. The third-order valence-corrected chi connectivity index (χ3v) is 2.76. The Hall–Kier alpha value is -1.78. The highest BCUT2D eigenvalue weighted by Crippen LogP contribution is 2.03. The van der Waals surface area contributed by atoms with E-state index in [2.05, 4.69) is 10.9 Å². The van der Waals surface area contributed by atoms with Gasteiger partial charge in [0, 0.05) is 13.1 Å². The summed E-state index contributed by atoms with van der Waals surface area (Å²) in [5, 5.41) is 0. The lowest BCUT2D eigenvalue weighted by Gasteiger charge is -2.07. The van der Waals surface area contributed by atoms with Crippen molar-refractivity contribution in [2.75, 3.05) is 6.54 Å². The lowest BCUT2D eigenvalue weighted by molar-refractivity contribution is 0.531. The van der Waals surface area contributed by atoms with Crippen molar-refractivity contribution >= 4 is 0 Å². The van der Waals surface area contributed by atoms with Gasteiger partial charge in [-0.15, -0.1) is 0 Å². The van der Waals surface area contributed by atoms with E-state index in [1.54, 1.807) is 18.2 Å². The number of hydrogen-bond acceptors (Lipinski definition) is 2. The molecule has 19 heavy (non-hydrogen) atoms. The van der Waals surface area contributed by atoms with Gasteiger partial charge in [-0.1, -0.05) is 24.3 Å². The van der Waals surface area contributed by atoms with Gasteiger partial charge < -0.3 is 0 Å². The summed E-state index contributed by atoms with van der Waals surface area (Å²) in [6, 6.07) is 12.9. The maximum atomic E-state index is 12.9. The molecule has 2 aromatic carbocycles. The molecular formula is C15H16F2N2. The number of rotatable bonds is 6. The van der Waals surface area contributed by atoms with Crippen molar-refractivity contribution in [3.8, 4) is 0 Å². The fraction of sp³-hybridized carbons (Fsp3) is 0.200. The smallest absolute Gasteiger partial charge is 0.123 e. The van der Waals surface area contributed by atoms with Gasteiger partial charge in [0.25, 0.3) is 0 Å². The summed E-state index contributed by atoms with van der Waals surface area (Å²) in [6.45, 7) is 1.31. The molecule has 2 nitrogen and oxygen atoms in total. The second kappa shape index (κ2) is 6.97. The minimum Gasteiger partial charge on any atom is -0.257 e. The Bertz CT molecular complexity index is 512. The van der Waals surface area contributed by atoms with Crippen LogP contribution in [0.3, 0.4) is 0 Å². The van der Waals surface area contributed by atoms with Gasteiger partial charge in [-0.2, -0.15) is 0 Å². The molecule has 0 saturated heterocycles. The molecule has 0 bridgehead atoms. The Morgan fingerprint density at radius 1 is 0.789 bits per heavy atom. The Morgan fingerprint density at radius 3 is 2.32 bits per heavy atom. The maximum absolute atomic E-state index is 12.9. The average molecular weight is 262 g/mol. The second-order valence-corrected chi connectivity index (χ2v) is 4.29. The van der Waals surface area contributed by atoms with E-state index in [0.717, 1.165) is 17.5 Å². The number of benzene rings is 2. The molecule has 100 valence electrons. The molecule has 2 rings (SSSR count). The van der Waals surface area contributed by atoms with E-state index in [1.165, 1.54) is 24.3 Å². The fourth-order valence-corrected chi connectivity index (χ4v) is 1.75. The van der Waals surface area contributed by atoms with Crippen molar-refractivity contribution in [1.29, 1.82) is 0 Å². The van der Waals surface area contributed by atoms with Crippen LogP contribution < -0.4 is 10.9 Å². The standard InChI is InChI=1S/C15H16F2N2/c16-14-6-4-13(5-7-14)11-19-18-9-8-12-2-1-3-15(17)10-12/h1-7,10,18-19H,8-9,11H2. The first kappa shape index (κ1) is 13.6. The summed E-state index contributed by atoms with van der Waals surface area (Å²) < 4.78 is 25.6. The minimum absolute atomic E-state index is 0.211. The van der Waals surface area contributed by atoms with Gasteiger partial charge in [0.15, 0.2) is 0 Å². The average Bonchev–Trinajstić information content (AvgIpc) is 2.41. The third-order valence-electron chi connectivity index (χ3n) is 2.76. The molecule has 0 aliphatic heterocycles. The highest BCUT2D eigenvalue weighted by molar-refractivity contribution is 5.17. The molecule has 0 heterocycles. The molecule has 2 aromatic rings. The van der Waals surface area contributed by atoms with Crippen LogP contribution in [0.1, 0.15) is 11.1 Å². The van der Waals surface area contributed by atoms with Crippen molar-refractivity contribution in [1.82, 2.24) is 10.9 Å². The largest absolute Gasteiger partial charge is 0.257 e. The molecule has 0 saturated carbocycles. The van der Waals surface area contributed by atoms with Gasteiger partial charge in [0.05, 0.1) is 0 Å². The normalized spacial score (nSPS) is 10.6. The van der Waals surface area contributed by atoms with Crippen LogP contribution in [0.25, 0.3) is 0 Å². The molecule has 0 amide bonds. The van der Waals surface area contributed by atoms with Crippen LogP contribution in [-0.4, -0.2) is 6.54 Å². The zero-order valence-corrected chi connectivity index (χ0v) is 10.5. The monoisotopic (exact) mass is 262 g/mol. The van der Waals surface area contributed by atoms with Crippen molar-refractivity contribution in [2.45, 2.75) is 13.0 Å². The summed E-state index contributed by atoms with van der Waals surface area (Å²) in [4.78, 5) is 0. The van der Waals surface area contributed by atoms with Gasteiger partial charge in [-0.05, 0) is 41.8 Å². The van der Waals surface area contributed by atoms with Gasteiger partial charge >= 0.3 is 0 Å². The van der Waals surface area contributed by atoms with E-state index >= 15 is 0 Å². The Labute approximate surface area is 111 Å². The first-order valence-electron chi connectivity index (χ1n) is 6.18. The van der Waals surface area contributed by atoms with Crippen molar-refractivity contribution in [2.24, 2.45) is 0 Å².